The number of rotatable bonds is 6. The molecule has 6 saturated heterocycles. The number of halogens is 1. The lowest BCUT2D eigenvalue weighted by molar-refractivity contribution is -0.136. The van der Waals surface area contributed by atoms with Crippen LogP contribution >= 0.6 is 11.6 Å². The molecule has 0 aromatic heterocycles. The molecule has 4 atom stereocenters. The minimum absolute atomic E-state index is 0.0861. The normalized spacial score (nSPS) is 26.7. The van der Waals surface area contributed by atoms with Crippen LogP contribution in [-0.2, 0) is 9.59 Å². The van der Waals surface area contributed by atoms with Crippen LogP contribution in [0.5, 0.6) is 0 Å². The first-order chi connectivity index (χ1) is 28.0. The summed E-state index contributed by atoms with van der Waals surface area (Å²) in [5.74, 6) is -1.91. The van der Waals surface area contributed by atoms with Gasteiger partial charge in [0.25, 0.3) is 17.7 Å². The molecule has 58 heavy (non-hydrogen) atoms. The number of likely N-dealkylation sites (tertiary alicyclic amines) is 2. The summed E-state index contributed by atoms with van der Waals surface area (Å²) in [6, 6.07) is 21.6. The molecule has 3 unspecified atom stereocenters. The predicted molar refractivity (Wildman–Crippen MR) is 217 cm³/mol. The van der Waals surface area contributed by atoms with E-state index in [0.29, 0.717) is 40.8 Å². The van der Waals surface area contributed by atoms with Crippen molar-refractivity contribution >= 4 is 58.2 Å². The summed E-state index contributed by atoms with van der Waals surface area (Å²) in [6.45, 7) is 8.35. The summed E-state index contributed by atoms with van der Waals surface area (Å²) in [5.41, 5.74) is 5.16. The van der Waals surface area contributed by atoms with E-state index in [0.717, 1.165) is 92.5 Å². The quantitative estimate of drug-likeness (QED) is 0.360. The molecule has 6 fully saturated rings. The van der Waals surface area contributed by atoms with Crippen LogP contribution < -0.4 is 20.0 Å². The Morgan fingerprint density at radius 2 is 1.55 bits per heavy atom. The van der Waals surface area contributed by atoms with Gasteiger partial charge in [-0.15, -0.1) is 0 Å². The third-order valence-corrected chi connectivity index (χ3v) is 14.5. The second-order valence-electron chi connectivity index (χ2n) is 17.4. The molecule has 7 aliphatic heterocycles. The van der Waals surface area contributed by atoms with E-state index in [2.05, 4.69) is 54.9 Å². The van der Waals surface area contributed by atoms with Gasteiger partial charge >= 0.3 is 0 Å². The zero-order valence-corrected chi connectivity index (χ0v) is 33.2. The van der Waals surface area contributed by atoms with Crippen LogP contribution in [0.4, 0.5) is 17.1 Å². The highest BCUT2D eigenvalue weighted by atomic mass is 35.5. The van der Waals surface area contributed by atoms with Gasteiger partial charge in [-0.3, -0.25) is 39.1 Å². The number of nitrogens with zero attached hydrogens (tertiary/aromatic N) is 7. The number of fused-ring (bicyclic) bond motifs is 3. The van der Waals surface area contributed by atoms with Crippen LogP contribution in [0.25, 0.3) is 0 Å². The van der Waals surface area contributed by atoms with Gasteiger partial charge in [0.1, 0.15) is 12.1 Å². The highest BCUT2D eigenvalue weighted by Gasteiger charge is 2.51. The molecule has 2 bridgehead atoms. The number of amides is 5. The van der Waals surface area contributed by atoms with Crippen LogP contribution in [0.1, 0.15) is 82.1 Å². The van der Waals surface area contributed by atoms with Gasteiger partial charge in [-0.1, -0.05) is 11.6 Å². The van der Waals surface area contributed by atoms with Crippen LogP contribution in [-0.4, -0.2) is 120 Å². The van der Waals surface area contributed by atoms with Crippen molar-refractivity contribution in [3.63, 3.8) is 0 Å². The summed E-state index contributed by atoms with van der Waals surface area (Å²) in [6.07, 6.45) is 4.52. The molecule has 7 heterocycles. The Morgan fingerprint density at radius 3 is 2.24 bits per heavy atom. The van der Waals surface area contributed by atoms with E-state index >= 15 is 0 Å². The van der Waals surface area contributed by atoms with Gasteiger partial charge in [-0.25, -0.2) is 0 Å². The fourth-order valence-corrected chi connectivity index (χ4v) is 11.2. The Labute approximate surface area is 342 Å². The number of carbonyl (C=O) groups excluding carboxylic acids is 5. The minimum Gasteiger partial charge on any atom is -0.371 e. The fourth-order valence-electron chi connectivity index (χ4n) is 10.9. The topological polar surface area (TPSA) is 141 Å². The summed E-state index contributed by atoms with van der Waals surface area (Å²) in [5, 5.41) is 12.0. The van der Waals surface area contributed by atoms with E-state index in [1.54, 1.807) is 12.1 Å². The molecule has 13 nitrogen and oxygen atoms in total. The van der Waals surface area contributed by atoms with Crippen molar-refractivity contribution < 1.29 is 24.0 Å². The van der Waals surface area contributed by atoms with Gasteiger partial charge in [0.15, 0.2) is 0 Å². The lowest BCUT2D eigenvalue weighted by atomic mass is 9.76. The number of hydrogen-bond donors (Lipinski definition) is 1. The zero-order valence-electron chi connectivity index (χ0n) is 32.4. The number of carbonyl (C=O) groups is 5. The van der Waals surface area contributed by atoms with E-state index in [1.165, 1.54) is 0 Å². The number of nitriles is 1. The minimum atomic E-state index is -0.982. The molecule has 10 rings (SSSR count). The second-order valence-corrected chi connectivity index (χ2v) is 17.8. The largest absolute Gasteiger partial charge is 0.371 e. The summed E-state index contributed by atoms with van der Waals surface area (Å²) < 4.78 is 0. The van der Waals surface area contributed by atoms with E-state index in [9.17, 15) is 29.2 Å². The highest BCUT2D eigenvalue weighted by Crippen LogP contribution is 2.46. The predicted octanol–water partition coefficient (Wildman–Crippen LogP) is 4.29. The number of piperidine rings is 2. The fraction of sp³-hybridized carbons (Fsp3) is 0.455. The summed E-state index contributed by atoms with van der Waals surface area (Å²) in [4.78, 5) is 77.0. The van der Waals surface area contributed by atoms with E-state index < -0.39 is 29.7 Å². The first-order valence-electron chi connectivity index (χ1n) is 20.5. The molecular weight excluding hydrogens is 756 g/mol. The maximum Gasteiger partial charge on any atom is 0.262 e. The lowest BCUT2D eigenvalue weighted by Crippen LogP contribution is -2.63. The zero-order chi connectivity index (χ0) is 40.0. The van der Waals surface area contributed by atoms with Gasteiger partial charge in [-0.05, 0) is 105 Å². The summed E-state index contributed by atoms with van der Waals surface area (Å²) in [7, 11) is 0. The van der Waals surface area contributed by atoms with Gasteiger partial charge in [0.2, 0.25) is 11.8 Å². The SMILES string of the molecule is CC1CC2(CCN(c3ccc(C(=O)N4C[C@@H]5CC4CN5C4CN(c5ccc6c(c5)C(=O)N(C5CCC(=O)NC5=O)C6=O)C4)cc3)CC2)CN1c1ccc(C#N)c(Cl)c1. The monoisotopic (exact) mass is 800 g/mol. The van der Waals surface area contributed by atoms with Crippen molar-refractivity contribution in [1.29, 1.82) is 5.26 Å². The Balaban J connectivity index is 0.711. The second kappa shape index (κ2) is 13.8. The molecule has 0 saturated carbocycles. The third-order valence-electron chi connectivity index (χ3n) is 14.1. The number of benzene rings is 3. The number of nitrogens with one attached hydrogen (secondary N) is 1. The van der Waals surface area contributed by atoms with Crippen LogP contribution in [0.15, 0.2) is 60.7 Å². The molecule has 298 valence electrons. The molecule has 14 heteroatoms. The lowest BCUT2D eigenvalue weighted by Gasteiger charge is -2.49. The Hall–Kier alpha value is -5.45. The third kappa shape index (κ3) is 6.02. The average molecular weight is 801 g/mol. The van der Waals surface area contributed by atoms with Gasteiger partial charge in [0.05, 0.1) is 21.7 Å². The standard InChI is InChI=1S/C44H45ClN8O5/c1-26-19-44(25-52(26)31-7-4-28(20-46)37(45)18-31)12-14-48(15-13-44)29-5-2-27(3-6-29)41(56)51-24-32-16-33(51)23-50(32)34-21-49(22-34)30-8-9-35-36(17-30)43(58)53(42(35)57)38-10-11-39(54)47-40(38)55/h2-9,17-18,26,32-34,38H,10-16,19,21-25H2,1H3,(H,47,54,55)/t26?,32-,33?,38?/m0/s1. The highest BCUT2D eigenvalue weighted by molar-refractivity contribution is 6.32. The molecule has 5 amide bonds. The van der Waals surface area contributed by atoms with E-state index in [4.69, 9.17) is 11.6 Å². The van der Waals surface area contributed by atoms with Crippen LogP contribution in [0.2, 0.25) is 5.02 Å². The Kier molecular flexibility index (Phi) is 8.80. The smallest absolute Gasteiger partial charge is 0.262 e. The molecular formula is C44H45ClN8O5. The van der Waals surface area contributed by atoms with Crippen LogP contribution in [0.3, 0.4) is 0 Å². The maximum absolute atomic E-state index is 13.8. The average Bonchev–Trinajstić information content (AvgIpc) is 3.96. The van der Waals surface area contributed by atoms with Crippen molar-refractivity contribution in [3.05, 3.63) is 87.9 Å². The first-order valence-corrected chi connectivity index (χ1v) is 20.9. The molecule has 1 spiro atoms. The number of imide groups is 2. The first kappa shape index (κ1) is 36.9. The molecule has 3 aromatic carbocycles. The van der Waals surface area contributed by atoms with Crippen molar-refractivity contribution in [2.75, 3.05) is 60.5 Å². The number of piperazine rings is 1. The molecule has 3 aromatic rings. The van der Waals surface area contributed by atoms with Gasteiger partial charge in [-0.2, -0.15) is 5.26 Å². The van der Waals surface area contributed by atoms with Gasteiger partial charge in [0, 0.05) is 99.0 Å². The van der Waals surface area contributed by atoms with E-state index in [1.807, 2.05) is 36.4 Å². The van der Waals surface area contributed by atoms with Crippen LogP contribution in [0, 0.1) is 16.7 Å². The molecule has 0 radical (unpaired) electrons. The van der Waals surface area contributed by atoms with Crippen molar-refractivity contribution in [2.24, 2.45) is 5.41 Å². The Morgan fingerprint density at radius 1 is 0.828 bits per heavy atom. The molecule has 1 N–H and O–H groups in total. The van der Waals surface area contributed by atoms with Crippen molar-refractivity contribution in [2.45, 2.75) is 75.7 Å². The molecule has 0 aliphatic carbocycles. The van der Waals surface area contributed by atoms with E-state index in [-0.39, 0.29) is 35.8 Å². The van der Waals surface area contributed by atoms with Crippen molar-refractivity contribution in [3.8, 4) is 6.07 Å². The number of anilines is 3. The summed E-state index contributed by atoms with van der Waals surface area (Å²) >= 11 is 6.38. The molecule has 7 aliphatic rings. The van der Waals surface area contributed by atoms with Gasteiger partial charge < -0.3 is 19.6 Å². The number of hydrogen-bond acceptors (Lipinski definition) is 10. The Bertz CT molecular complexity index is 2300. The maximum atomic E-state index is 13.8. The van der Waals surface area contributed by atoms with Crippen molar-refractivity contribution in [1.82, 2.24) is 20.0 Å².